The minimum atomic E-state index is 0.860. The van der Waals surface area contributed by atoms with Crippen molar-refractivity contribution in [2.24, 2.45) is 0 Å². The largest absolute Gasteiger partial charge is 0.397 e. The molecule has 0 aliphatic carbocycles. The van der Waals surface area contributed by atoms with E-state index < -0.39 is 0 Å². The molecule has 1 heterocycles. The summed E-state index contributed by atoms with van der Waals surface area (Å²) in [6.07, 6.45) is 2.95. The lowest BCUT2D eigenvalue weighted by Crippen LogP contribution is -1.92. The van der Waals surface area contributed by atoms with E-state index in [0.717, 1.165) is 33.7 Å². The van der Waals surface area contributed by atoms with Crippen molar-refractivity contribution in [2.75, 3.05) is 11.5 Å². The van der Waals surface area contributed by atoms with Crippen molar-refractivity contribution >= 4 is 28.4 Å². The first-order valence-corrected chi connectivity index (χ1v) is 6.07. The molecule has 1 aromatic carbocycles. The Balaban J connectivity index is 2.45. The number of rotatable bonds is 3. The Morgan fingerprint density at radius 1 is 1.33 bits per heavy atom. The lowest BCUT2D eigenvalue weighted by Gasteiger charge is -2.07. The number of hydrogen-bond acceptors (Lipinski definition) is 3. The molecule has 0 atom stereocenters. The van der Waals surface area contributed by atoms with Crippen LogP contribution in [-0.4, -0.2) is 10.7 Å². The van der Waals surface area contributed by atoms with Crippen LogP contribution in [0.5, 0.6) is 0 Å². The molecule has 0 aliphatic heterocycles. The Bertz CT molecular complexity index is 468. The van der Waals surface area contributed by atoms with Crippen molar-refractivity contribution in [1.29, 1.82) is 0 Å². The summed E-state index contributed by atoms with van der Waals surface area (Å²) >= 11 is 1.81. The molecule has 78 valence electrons. The number of thioether (sulfide) groups is 1. The molecule has 0 unspecified atom stereocenters. The van der Waals surface area contributed by atoms with Gasteiger partial charge in [0.05, 0.1) is 11.2 Å². The molecular weight excluding hydrogens is 204 g/mol. The predicted octanol–water partition coefficient (Wildman–Crippen LogP) is 3.32. The molecule has 2 aromatic rings. The highest BCUT2D eigenvalue weighted by molar-refractivity contribution is 7.99. The maximum absolute atomic E-state index is 6.10. The van der Waals surface area contributed by atoms with E-state index in [1.165, 1.54) is 0 Å². The summed E-state index contributed by atoms with van der Waals surface area (Å²) in [4.78, 5) is 5.44. The summed E-state index contributed by atoms with van der Waals surface area (Å²) in [6, 6.07) is 8.04. The van der Waals surface area contributed by atoms with Gasteiger partial charge in [0, 0.05) is 16.5 Å². The van der Waals surface area contributed by atoms with Gasteiger partial charge in [-0.3, -0.25) is 4.98 Å². The fourth-order valence-electron chi connectivity index (χ4n) is 1.49. The molecule has 2 rings (SSSR count). The van der Waals surface area contributed by atoms with Crippen molar-refractivity contribution in [3.8, 4) is 0 Å². The van der Waals surface area contributed by atoms with Crippen molar-refractivity contribution in [3.63, 3.8) is 0 Å². The topological polar surface area (TPSA) is 38.9 Å². The van der Waals surface area contributed by atoms with Crippen LogP contribution < -0.4 is 5.73 Å². The SMILES string of the molecule is CCCSc1ccc2ncccc2c1N. The zero-order valence-corrected chi connectivity index (χ0v) is 9.55. The van der Waals surface area contributed by atoms with E-state index in [1.54, 1.807) is 6.20 Å². The average Bonchev–Trinajstić information content (AvgIpc) is 2.29. The molecule has 0 aliphatic rings. The van der Waals surface area contributed by atoms with Crippen molar-refractivity contribution in [2.45, 2.75) is 18.2 Å². The van der Waals surface area contributed by atoms with Crippen molar-refractivity contribution in [1.82, 2.24) is 4.98 Å². The second kappa shape index (κ2) is 4.53. The fraction of sp³-hybridized carbons (Fsp3) is 0.250. The number of nitrogens with zero attached hydrogens (tertiary/aromatic N) is 1. The van der Waals surface area contributed by atoms with Crippen molar-refractivity contribution in [3.05, 3.63) is 30.5 Å². The van der Waals surface area contributed by atoms with Gasteiger partial charge in [0.1, 0.15) is 0 Å². The number of nitrogen functional groups attached to an aromatic ring is 1. The normalized spacial score (nSPS) is 10.7. The maximum atomic E-state index is 6.10. The van der Waals surface area contributed by atoms with E-state index in [4.69, 9.17) is 5.73 Å². The number of nitrogens with two attached hydrogens (primary N) is 1. The third kappa shape index (κ3) is 2.07. The van der Waals surface area contributed by atoms with Crippen molar-refractivity contribution < 1.29 is 0 Å². The van der Waals surface area contributed by atoms with Gasteiger partial charge < -0.3 is 5.73 Å². The average molecular weight is 218 g/mol. The summed E-state index contributed by atoms with van der Waals surface area (Å²) in [5, 5.41) is 1.05. The van der Waals surface area contributed by atoms with Crippen LogP contribution in [0.2, 0.25) is 0 Å². The molecule has 0 saturated carbocycles. The van der Waals surface area contributed by atoms with Gasteiger partial charge in [-0.15, -0.1) is 11.8 Å². The van der Waals surface area contributed by atoms with Gasteiger partial charge in [-0.1, -0.05) is 6.92 Å². The van der Waals surface area contributed by atoms with Gasteiger partial charge in [0.2, 0.25) is 0 Å². The fourth-order valence-corrected chi connectivity index (χ4v) is 2.35. The number of anilines is 1. The Morgan fingerprint density at radius 2 is 2.20 bits per heavy atom. The molecule has 0 bridgehead atoms. The van der Waals surface area contributed by atoms with Gasteiger partial charge in [-0.05, 0) is 36.4 Å². The Morgan fingerprint density at radius 3 is 3.00 bits per heavy atom. The second-order valence-electron chi connectivity index (χ2n) is 3.40. The van der Waals surface area contributed by atoms with Crippen LogP contribution in [-0.2, 0) is 0 Å². The minimum absolute atomic E-state index is 0.860. The number of fused-ring (bicyclic) bond motifs is 1. The first-order valence-electron chi connectivity index (χ1n) is 5.09. The highest BCUT2D eigenvalue weighted by atomic mass is 32.2. The third-order valence-corrected chi connectivity index (χ3v) is 3.53. The van der Waals surface area contributed by atoms with E-state index in [1.807, 2.05) is 30.0 Å². The van der Waals surface area contributed by atoms with E-state index >= 15 is 0 Å². The lowest BCUT2D eigenvalue weighted by molar-refractivity contribution is 1.10. The molecule has 2 N–H and O–H groups in total. The van der Waals surface area contributed by atoms with E-state index in [2.05, 4.69) is 18.0 Å². The van der Waals surface area contributed by atoms with Crippen LogP contribution in [0.4, 0.5) is 5.69 Å². The number of hydrogen-bond donors (Lipinski definition) is 1. The molecule has 0 fully saturated rings. The molecule has 3 heteroatoms. The zero-order valence-electron chi connectivity index (χ0n) is 8.73. The summed E-state index contributed by atoms with van der Waals surface area (Å²) in [5.74, 6) is 1.11. The molecule has 0 radical (unpaired) electrons. The van der Waals surface area contributed by atoms with Gasteiger partial charge >= 0.3 is 0 Å². The quantitative estimate of drug-likeness (QED) is 0.634. The summed E-state index contributed by atoms with van der Waals surface area (Å²) in [5.41, 5.74) is 7.93. The van der Waals surface area contributed by atoms with E-state index in [0.29, 0.717) is 0 Å². The number of benzene rings is 1. The molecular formula is C12H14N2S. The van der Waals surface area contributed by atoms with E-state index in [9.17, 15) is 0 Å². The van der Waals surface area contributed by atoms with Crippen LogP contribution in [0.3, 0.4) is 0 Å². The molecule has 0 amide bonds. The zero-order chi connectivity index (χ0) is 10.7. The third-order valence-electron chi connectivity index (χ3n) is 2.25. The lowest BCUT2D eigenvalue weighted by atomic mass is 10.2. The monoisotopic (exact) mass is 218 g/mol. The van der Waals surface area contributed by atoms with Crippen LogP contribution in [0.15, 0.2) is 35.4 Å². The van der Waals surface area contributed by atoms with Crippen LogP contribution >= 0.6 is 11.8 Å². The molecule has 15 heavy (non-hydrogen) atoms. The van der Waals surface area contributed by atoms with Crippen LogP contribution in [0.1, 0.15) is 13.3 Å². The Labute approximate surface area is 93.9 Å². The smallest absolute Gasteiger partial charge is 0.0723 e. The molecule has 0 spiro atoms. The highest BCUT2D eigenvalue weighted by Gasteiger charge is 2.04. The second-order valence-corrected chi connectivity index (χ2v) is 4.53. The maximum Gasteiger partial charge on any atom is 0.0723 e. The first-order chi connectivity index (χ1) is 7.33. The Hall–Kier alpha value is -1.22. The Kier molecular flexibility index (Phi) is 3.11. The molecule has 1 aromatic heterocycles. The minimum Gasteiger partial charge on any atom is -0.397 e. The summed E-state index contributed by atoms with van der Waals surface area (Å²) in [6.45, 7) is 2.17. The van der Waals surface area contributed by atoms with Gasteiger partial charge in [-0.2, -0.15) is 0 Å². The van der Waals surface area contributed by atoms with Gasteiger partial charge in [0.15, 0.2) is 0 Å². The number of aromatic nitrogens is 1. The standard InChI is InChI=1S/C12H14N2S/c1-2-8-15-11-6-5-10-9(12(11)13)4-3-7-14-10/h3-7H,2,8,13H2,1H3. The van der Waals surface area contributed by atoms with Crippen LogP contribution in [0, 0.1) is 0 Å². The number of pyridine rings is 1. The van der Waals surface area contributed by atoms with Crippen LogP contribution in [0.25, 0.3) is 10.9 Å². The first kappa shape index (κ1) is 10.3. The summed E-state index contributed by atoms with van der Waals surface area (Å²) in [7, 11) is 0. The summed E-state index contributed by atoms with van der Waals surface area (Å²) < 4.78 is 0. The van der Waals surface area contributed by atoms with Gasteiger partial charge in [-0.25, -0.2) is 0 Å². The predicted molar refractivity (Wildman–Crippen MR) is 67.2 cm³/mol. The molecule has 0 saturated heterocycles. The molecule has 2 nitrogen and oxygen atoms in total. The highest BCUT2D eigenvalue weighted by Crippen LogP contribution is 2.31. The van der Waals surface area contributed by atoms with Gasteiger partial charge in [0.25, 0.3) is 0 Å². The van der Waals surface area contributed by atoms with E-state index in [-0.39, 0.29) is 0 Å².